The Labute approximate surface area is 126 Å². The van der Waals surface area contributed by atoms with Crippen LogP contribution in [0.25, 0.3) is 0 Å². The summed E-state index contributed by atoms with van der Waals surface area (Å²) in [5.41, 5.74) is 0.891. The van der Waals surface area contributed by atoms with Gasteiger partial charge in [0.25, 0.3) is 0 Å². The van der Waals surface area contributed by atoms with Crippen molar-refractivity contribution in [3.8, 4) is 11.5 Å². The summed E-state index contributed by atoms with van der Waals surface area (Å²) < 4.78 is 0. The molecule has 4 N–H and O–H groups in total. The number of rotatable bonds is 2. The molecule has 0 unspecified atom stereocenters. The fourth-order valence-electron chi connectivity index (χ4n) is 2.78. The zero-order chi connectivity index (χ0) is 16.0. The van der Waals surface area contributed by atoms with Crippen molar-refractivity contribution in [1.29, 1.82) is 0 Å². The van der Waals surface area contributed by atoms with Crippen molar-refractivity contribution < 1.29 is 19.8 Å². The lowest BCUT2D eigenvalue weighted by Crippen LogP contribution is -2.23. The second-order valence-corrected chi connectivity index (χ2v) is 4.92. The van der Waals surface area contributed by atoms with Gasteiger partial charge in [-0.2, -0.15) is 0 Å². The summed E-state index contributed by atoms with van der Waals surface area (Å²) in [6.45, 7) is 0. The van der Waals surface area contributed by atoms with Crippen LogP contribution >= 0.6 is 0 Å². The molecule has 6 heteroatoms. The molecule has 0 aliphatic heterocycles. The fourth-order valence-corrected chi connectivity index (χ4v) is 2.78. The molecule has 3 rings (SSSR count). The maximum atomic E-state index is 12.8. The SMILES string of the molecule is CNc1ccc(O)c2c1C(=O)c1c(O)ccc(NC)c1C2=O. The number of hydrogen-bond acceptors (Lipinski definition) is 6. The Hall–Kier alpha value is -3.02. The van der Waals surface area contributed by atoms with Crippen LogP contribution < -0.4 is 10.6 Å². The normalized spacial score (nSPS) is 12.6. The zero-order valence-electron chi connectivity index (χ0n) is 12.0. The van der Waals surface area contributed by atoms with Gasteiger partial charge >= 0.3 is 0 Å². The Morgan fingerprint density at radius 2 is 1.05 bits per heavy atom. The van der Waals surface area contributed by atoms with Crippen LogP contribution in [0.15, 0.2) is 24.3 Å². The van der Waals surface area contributed by atoms with Gasteiger partial charge in [0.05, 0.1) is 22.3 Å². The van der Waals surface area contributed by atoms with Gasteiger partial charge in [0.15, 0.2) is 0 Å². The average Bonchev–Trinajstić information content (AvgIpc) is 2.52. The molecule has 112 valence electrons. The highest BCUT2D eigenvalue weighted by molar-refractivity contribution is 6.33. The molecule has 0 aromatic heterocycles. The van der Waals surface area contributed by atoms with Crippen LogP contribution in [0, 0.1) is 0 Å². The number of carbonyl (C=O) groups excluding carboxylic acids is 2. The van der Waals surface area contributed by atoms with Gasteiger partial charge in [-0.15, -0.1) is 0 Å². The number of ketones is 2. The highest BCUT2D eigenvalue weighted by Crippen LogP contribution is 2.42. The number of carbonyl (C=O) groups is 2. The minimum absolute atomic E-state index is 0.0496. The van der Waals surface area contributed by atoms with E-state index in [0.29, 0.717) is 11.4 Å². The van der Waals surface area contributed by atoms with Gasteiger partial charge < -0.3 is 20.8 Å². The number of aromatic hydroxyl groups is 2. The summed E-state index contributed by atoms with van der Waals surface area (Å²) in [6.07, 6.45) is 0. The molecule has 2 aromatic carbocycles. The minimum Gasteiger partial charge on any atom is -0.507 e. The molecule has 0 saturated heterocycles. The molecular formula is C16H14N2O4. The standard InChI is InChI=1S/C16H14N2O4/c1-17-7-3-5-9(19)13-11(7)15(21)14-10(20)6-4-8(18-2)12(14)16(13)22/h3-6,17-20H,1-2H3. The van der Waals surface area contributed by atoms with Crippen LogP contribution in [0.2, 0.25) is 0 Å². The lowest BCUT2D eigenvalue weighted by Gasteiger charge is -2.23. The molecule has 0 amide bonds. The molecule has 0 bridgehead atoms. The molecule has 0 spiro atoms. The van der Waals surface area contributed by atoms with Crippen molar-refractivity contribution in [3.05, 3.63) is 46.5 Å². The first-order chi connectivity index (χ1) is 10.5. The van der Waals surface area contributed by atoms with Gasteiger partial charge in [-0.3, -0.25) is 9.59 Å². The summed E-state index contributed by atoms with van der Waals surface area (Å²) in [7, 11) is 3.23. The van der Waals surface area contributed by atoms with E-state index in [9.17, 15) is 19.8 Å². The van der Waals surface area contributed by atoms with Gasteiger partial charge in [0.1, 0.15) is 11.5 Å². The third kappa shape index (κ3) is 1.67. The zero-order valence-corrected chi connectivity index (χ0v) is 12.0. The molecule has 1 aliphatic rings. The van der Waals surface area contributed by atoms with Crippen molar-refractivity contribution in [2.75, 3.05) is 24.7 Å². The van der Waals surface area contributed by atoms with Crippen molar-refractivity contribution in [2.24, 2.45) is 0 Å². The molecule has 0 heterocycles. The highest BCUT2D eigenvalue weighted by Gasteiger charge is 2.37. The lowest BCUT2D eigenvalue weighted by molar-refractivity contribution is 0.0975. The summed E-state index contributed by atoms with van der Waals surface area (Å²) in [5.74, 6) is -1.52. The average molecular weight is 298 g/mol. The van der Waals surface area contributed by atoms with Crippen LogP contribution in [0.4, 0.5) is 11.4 Å². The number of fused-ring (bicyclic) bond motifs is 2. The maximum absolute atomic E-state index is 12.8. The topological polar surface area (TPSA) is 98.7 Å². The number of hydrogen-bond donors (Lipinski definition) is 4. The molecule has 1 aliphatic carbocycles. The Morgan fingerprint density at radius 1 is 0.682 bits per heavy atom. The first-order valence-electron chi connectivity index (χ1n) is 6.68. The van der Waals surface area contributed by atoms with Gasteiger partial charge in [-0.1, -0.05) is 0 Å². The Morgan fingerprint density at radius 3 is 1.36 bits per heavy atom. The molecule has 2 aromatic rings. The summed E-state index contributed by atoms with van der Waals surface area (Å²) in [6, 6.07) is 5.76. The van der Waals surface area contributed by atoms with Crippen molar-refractivity contribution in [1.82, 2.24) is 0 Å². The van der Waals surface area contributed by atoms with E-state index < -0.39 is 11.6 Å². The van der Waals surface area contributed by atoms with Crippen LogP contribution in [-0.4, -0.2) is 35.9 Å². The minimum atomic E-state index is -0.501. The molecule has 6 nitrogen and oxygen atoms in total. The van der Waals surface area contributed by atoms with E-state index in [1.165, 1.54) is 24.3 Å². The monoisotopic (exact) mass is 298 g/mol. The summed E-state index contributed by atoms with van der Waals surface area (Å²) in [4.78, 5) is 25.6. The van der Waals surface area contributed by atoms with Crippen molar-refractivity contribution in [2.45, 2.75) is 0 Å². The van der Waals surface area contributed by atoms with Crippen molar-refractivity contribution >= 4 is 22.9 Å². The molecule has 0 saturated carbocycles. The number of phenolic OH excluding ortho intramolecular Hbond substituents is 2. The van der Waals surface area contributed by atoms with E-state index in [1.807, 2.05) is 0 Å². The number of benzene rings is 2. The quantitative estimate of drug-likeness (QED) is 0.540. The highest BCUT2D eigenvalue weighted by atomic mass is 16.3. The van der Waals surface area contributed by atoms with E-state index >= 15 is 0 Å². The summed E-state index contributed by atoms with van der Waals surface area (Å²) in [5, 5.41) is 25.7. The predicted octanol–water partition coefficient (Wildman–Crippen LogP) is 1.96. The van der Waals surface area contributed by atoms with E-state index in [4.69, 9.17) is 0 Å². The molecule has 22 heavy (non-hydrogen) atoms. The van der Waals surface area contributed by atoms with E-state index in [1.54, 1.807) is 14.1 Å². The van der Waals surface area contributed by atoms with Crippen molar-refractivity contribution in [3.63, 3.8) is 0 Å². The summed E-state index contributed by atoms with van der Waals surface area (Å²) >= 11 is 0. The third-order valence-electron chi connectivity index (χ3n) is 3.81. The first-order valence-corrected chi connectivity index (χ1v) is 6.68. The predicted molar refractivity (Wildman–Crippen MR) is 82.2 cm³/mol. The van der Waals surface area contributed by atoms with Gasteiger partial charge in [0, 0.05) is 25.5 Å². The van der Waals surface area contributed by atoms with Crippen LogP contribution in [0.5, 0.6) is 11.5 Å². The maximum Gasteiger partial charge on any atom is 0.200 e. The fraction of sp³-hybridized carbons (Fsp3) is 0.125. The second-order valence-electron chi connectivity index (χ2n) is 4.92. The Kier molecular flexibility index (Phi) is 3.02. The smallest absolute Gasteiger partial charge is 0.200 e. The molecular weight excluding hydrogens is 284 g/mol. The number of nitrogens with one attached hydrogen (secondary N) is 2. The molecule has 0 radical (unpaired) electrons. The largest absolute Gasteiger partial charge is 0.507 e. The first kappa shape index (κ1) is 13.9. The second kappa shape index (κ2) is 4.77. The third-order valence-corrected chi connectivity index (χ3v) is 3.81. The lowest BCUT2D eigenvalue weighted by atomic mass is 9.81. The van der Waals surface area contributed by atoms with Crippen LogP contribution in [0.1, 0.15) is 31.8 Å². The Bertz CT molecular complexity index is 758. The molecule has 0 atom stereocenters. The number of phenols is 2. The van der Waals surface area contributed by atoms with E-state index in [2.05, 4.69) is 10.6 Å². The Balaban J connectivity index is 2.42. The van der Waals surface area contributed by atoms with E-state index in [0.717, 1.165) is 0 Å². The van der Waals surface area contributed by atoms with E-state index in [-0.39, 0.29) is 33.8 Å². The van der Waals surface area contributed by atoms with Gasteiger partial charge in [0.2, 0.25) is 11.6 Å². The van der Waals surface area contributed by atoms with Gasteiger partial charge in [-0.25, -0.2) is 0 Å². The molecule has 0 fully saturated rings. The van der Waals surface area contributed by atoms with Crippen LogP contribution in [-0.2, 0) is 0 Å². The number of anilines is 2. The van der Waals surface area contributed by atoms with Gasteiger partial charge in [-0.05, 0) is 24.3 Å². The van der Waals surface area contributed by atoms with Crippen LogP contribution in [0.3, 0.4) is 0 Å².